The normalized spacial score (nSPS) is 15.1. The van der Waals surface area contributed by atoms with Gasteiger partial charge < -0.3 is 9.64 Å². The molecule has 1 saturated carbocycles. The van der Waals surface area contributed by atoms with Crippen molar-refractivity contribution < 1.29 is 4.74 Å². The molecule has 0 unspecified atom stereocenters. The number of aromatic nitrogens is 1. The first kappa shape index (κ1) is 10.7. The van der Waals surface area contributed by atoms with Crippen molar-refractivity contribution in [2.45, 2.75) is 18.9 Å². The van der Waals surface area contributed by atoms with E-state index in [-0.39, 0.29) is 0 Å². The van der Waals surface area contributed by atoms with Crippen LogP contribution in [0.4, 0.5) is 5.82 Å². The summed E-state index contributed by atoms with van der Waals surface area (Å²) in [7, 11) is 1.65. The molecule has 82 valence electrons. The van der Waals surface area contributed by atoms with Gasteiger partial charge in [0.1, 0.15) is 5.82 Å². The summed E-state index contributed by atoms with van der Waals surface area (Å²) in [5, 5.41) is 0.975. The van der Waals surface area contributed by atoms with Crippen molar-refractivity contribution in [2.24, 2.45) is 0 Å². The fraction of sp³-hybridized carbons (Fsp3) is 0.545. The molecule has 1 heterocycles. The lowest BCUT2D eigenvalue weighted by atomic mass is 10.4. The van der Waals surface area contributed by atoms with Gasteiger partial charge in [0.15, 0.2) is 0 Å². The molecule has 0 aliphatic heterocycles. The maximum absolute atomic E-state index is 5.13. The van der Waals surface area contributed by atoms with Crippen LogP contribution in [-0.4, -0.2) is 30.0 Å². The number of pyridine rings is 1. The predicted octanol–water partition coefficient (Wildman–Crippen LogP) is 2.45. The molecule has 0 aromatic carbocycles. The topological polar surface area (TPSA) is 25.4 Å². The lowest BCUT2D eigenvalue weighted by Gasteiger charge is -2.22. The number of nitrogens with zero attached hydrogens (tertiary/aromatic N) is 2. The van der Waals surface area contributed by atoms with Crippen LogP contribution in [-0.2, 0) is 0 Å². The van der Waals surface area contributed by atoms with Crippen molar-refractivity contribution in [1.29, 1.82) is 0 Å². The largest absolute Gasteiger partial charge is 0.481 e. The number of anilines is 1. The van der Waals surface area contributed by atoms with Crippen LogP contribution in [0, 0.1) is 0 Å². The number of hydrogen-bond acceptors (Lipinski definition) is 3. The van der Waals surface area contributed by atoms with Crippen LogP contribution in [0.2, 0.25) is 0 Å². The molecule has 1 aromatic rings. The van der Waals surface area contributed by atoms with Crippen molar-refractivity contribution >= 4 is 21.7 Å². The summed E-state index contributed by atoms with van der Waals surface area (Å²) in [4.78, 5) is 6.80. The zero-order chi connectivity index (χ0) is 10.7. The van der Waals surface area contributed by atoms with Crippen LogP contribution in [0.1, 0.15) is 12.8 Å². The number of methoxy groups -OCH3 is 1. The molecular weight excluding hydrogens is 256 g/mol. The molecule has 1 aromatic heterocycles. The zero-order valence-electron chi connectivity index (χ0n) is 8.82. The third-order valence-corrected chi connectivity index (χ3v) is 2.88. The van der Waals surface area contributed by atoms with E-state index in [4.69, 9.17) is 4.74 Å². The summed E-state index contributed by atoms with van der Waals surface area (Å²) in [6, 6.07) is 6.60. The lowest BCUT2D eigenvalue weighted by molar-refractivity contribution is 0.398. The highest BCUT2D eigenvalue weighted by Gasteiger charge is 2.29. The Balaban J connectivity index is 2.16. The second-order valence-corrected chi connectivity index (χ2v) is 4.44. The van der Waals surface area contributed by atoms with E-state index in [9.17, 15) is 0 Å². The van der Waals surface area contributed by atoms with Gasteiger partial charge in [-0.15, -0.1) is 0 Å². The molecule has 1 aliphatic carbocycles. The van der Waals surface area contributed by atoms with Crippen LogP contribution in [0.3, 0.4) is 0 Å². The molecule has 1 fully saturated rings. The standard InChI is InChI=1S/C11H15BrN2O/c1-15-11-4-2-3-10(13-11)14(8-7-12)9-5-6-9/h2-4,9H,5-8H2,1H3. The van der Waals surface area contributed by atoms with Gasteiger partial charge in [0, 0.05) is 24.0 Å². The average molecular weight is 271 g/mol. The van der Waals surface area contributed by atoms with E-state index in [0.717, 1.165) is 17.7 Å². The third-order valence-electron chi connectivity index (χ3n) is 2.53. The summed E-state index contributed by atoms with van der Waals surface area (Å²) in [5.74, 6) is 1.71. The highest BCUT2D eigenvalue weighted by molar-refractivity contribution is 9.09. The number of halogens is 1. The van der Waals surface area contributed by atoms with Gasteiger partial charge >= 0.3 is 0 Å². The fourth-order valence-electron chi connectivity index (χ4n) is 1.64. The Hall–Kier alpha value is -0.770. The van der Waals surface area contributed by atoms with Crippen molar-refractivity contribution in [3.8, 4) is 5.88 Å². The summed E-state index contributed by atoms with van der Waals surface area (Å²) in [5.41, 5.74) is 0. The minimum Gasteiger partial charge on any atom is -0.481 e. The van der Waals surface area contributed by atoms with Crippen molar-refractivity contribution in [3.63, 3.8) is 0 Å². The van der Waals surface area contributed by atoms with Gasteiger partial charge in [-0.1, -0.05) is 22.0 Å². The van der Waals surface area contributed by atoms with Crippen molar-refractivity contribution in [1.82, 2.24) is 4.98 Å². The van der Waals surface area contributed by atoms with Gasteiger partial charge in [0.05, 0.1) is 7.11 Å². The van der Waals surface area contributed by atoms with Crippen molar-refractivity contribution in [2.75, 3.05) is 23.9 Å². The molecule has 0 saturated heterocycles. The van der Waals surface area contributed by atoms with Crippen LogP contribution >= 0.6 is 15.9 Å². The number of hydrogen-bond donors (Lipinski definition) is 0. The van der Waals surface area contributed by atoms with E-state index in [1.165, 1.54) is 12.8 Å². The van der Waals surface area contributed by atoms with E-state index < -0.39 is 0 Å². The van der Waals surface area contributed by atoms with E-state index in [1.54, 1.807) is 7.11 Å². The molecule has 2 rings (SSSR count). The zero-order valence-corrected chi connectivity index (χ0v) is 10.4. The van der Waals surface area contributed by atoms with Gasteiger partial charge in [0.2, 0.25) is 5.88 Å². The van der Waals surface area contributed by atoms with Gasteiger partial charge in [-0.2, -0.15) is 4.98 Å². The molecule has 0 amide bonds. The minimum atomic E-state index is 0.683. The lowest BCUT2D eigenvalue weighted by Crippen LogP contribution is -2.28. The highest BCUT2D eigenvalue weighted by atomic mass is 79.9. The molecule has 15 heavy (non-hydrogen) atoms. The third kappa shape index (κ3) is 2.62. The number of rotatable bonds is 5. The van der Waals surface area contributed by atoms with E-state index in [0.29, 0.717) is 11.9 Å². The predicted molar refractivity (Wildman–Crippen MR) is 65.0 cm³/mol. The highest BCUT2D eigenvalue weighted by Crippen LogP contribution is 2.31. The molecule has 0 N–H and O–H groups in total. The smallest absolute Gasteiger partial charge is 0.214 e. The quantitative estimate of drug-likeness (QED) is 0.769. The Kier molecular flexibility index (Phi) is 3.46. The van der Waals surface area contributed by atoms with Crippen LogP contribution in [0.5, 0.6) is 5.88 Å². The molecular formula is C11H15BrN2O. The van der Waals surface area contributed by atoms with E-state index >= 15 is 0 Å². The first-order valence-electron chi connectivity index (χ1n) is 5.19. The second-order valence-electron chi connectivity index (χ2n) is 3.65. The molecule has 3 nitrogen and oxygen atoms in total. The SMILES string of the molecule is COc1cccc(N(CCBr)C2CC2)n1. The Morgan fingerprint density at radius 3 is 2.93 bits per heavy atom. The summed E-state index contributed by atoms with van der Waals surface area (Å²) in [6.07, 6.45) is 2.57. The van der Waals surface area contributed by atoms with Gasteiger partial charge in [-0.05, 0) is 18.9 Å². The molecule has 0 radical (unpaired) electrons. The van der Waals surface area contributed by atoms with Crippen molar-refractivity contribution in [3.05, 3.63) is 18.2 Å². The van der Waals surface area contributed by atoms with Crippen LogP contribution in [0.15, 0.2) is 18.2 Å². The monoisotopic (exact) mass is 270 g/mol. The summed E-state index contributed by atoms with van der Waals surface area (Å²) in [6.45, 7) is 1.00. The molecule has 1 aliphatic rings. The van der Waals surface area contributed by atoms with Crippen LogP contribution < -0.4 is 9.64 Å². The Morgan fingerprint density at radius 2 is 2.33 bits per heavy atom. The Labute approximate surface area is 98.6 Å². The second kappa shape index (κ2) is 4.84. The average Bonchev–Trinajstić information content (AvgIpc) is 3.10. The fourth-order valence-corrected chi connectivity index (χ4v) is 2.02. The van der Waals surface area contributed by atoms with Gasteiger partial charge in [0.25, 0.3) is 0 Å². The number of ether oxygens (including phenoxy) is 1. The summed E-state index contributed by atoms with van der Waals surface area (Å²) < 4.78 is 5.13. The van der Waals surface area contributed by atoms with Gasteiger partial charge in [-0.25, -0.2) is 0 Å². The van der Waals surface area contributed by atoms with Crippen LogP contribution in [0.25, 0.3) is 0 Å². The van der Waals surface area contributed by atoms with E-state index in [1.807, 2.05) is 18.2 Å². The maximum Gasteiger partial charge on any atom is 0.214 e. The summed E-state index contributed by atoms with van der Waals surface area (Å²) >= 11 is 3.48. The molecule has 0 spiro atoms. The Morgan fingerprint density at radius 1 is 1.53 bits per heavy atom. The number of alkyl halides is 1. The first-order chi connectivity index (χ1) is 7.35. The molecule has 4 heteroatoms. The maximum atomic E-state index is 5.13. The first-order valence-corrected chi connectivity index (χ1v) is 6.31. The molecule has 0 atom stereocenters. The molecule has 0 bridgehead atoms. The van der Waals surface area contributed by atoms with Gasteiger partial charge in [-0.3, -0.25) is 0 Å². The minimum absolute atomic E-state index is 0.683. The Bertz CT molecular complexity index is 328. The van der Waals surface area contributed by atoms with E-state index in [2.05, 4.69) is 25.8 Å².